The fraction of sp³-hybridized carbons (Fsp3) is 0.134. The van der Waals surface area contributed by atoms with Gasteiger partial charge in [0.2, 0.25) is 0 Å². The Morgan fingerprint density at radius 1 is 0.435 bits per heavy atom. The van der Waals surface area contributed by atoms with Crippen molar-refractivity contribution < 1.29 is 0 Å². The topological polar surface area (TPSA) is 8.17 Å². The molecule has 1 saturated carbocycles. The summed E-state index contributed by atoms with van der Waals surface area (Å²) in [6, 6.07) is 84.0. The van der Waals surface area contributed by atoms with Gasteiger partial charge < -0.3 is 9.47 Å². The van der Waals surface area contributed by atoms with E-state index in [1.807, 2.05) is 0 Å². The molecule has 332 valence electrons. The van der Waals surface area contributed by atoms with Crippen LogP contribution in [0.25, 0.3) is 82.8 Å². The zero-order valence-electron chi connectivity index (χ0n) is 39.4. The maximum absolute atomic E-state index is 2.53. The summed E-state index contributed by atoms with van der Waals surface area (Å²) in [4.78, 5) is 2.53. The number of fused-ring (bicyclic) bond motifs is 7. The van der Waals surface area contributed by atoms with E-state index in [1.54, 1.807) is 0 Å². The SMILES string of the molecule is CC1(C)c2ccccc2-c2ccc(-c3ccccc3N(c3ccc(-c4cccc5c6ccccc6n(-c6ccccc6)c45)cc3)c3ccccc3-c3cccc4cccc(C5CCCCC5)c34)cc21. The largest absolute Gasteiger partial charge is 0.309 e. The fourth-order valence-corrected chi connectivity index (χ4v) is 12.3. The molecule has 69 heavy (non-hydrogen) atoms. The van der Waals surface area contributed by atoms with E-state index in [4.69, 9.17) is 0 Å². The van der Waals surface area contributed by atoms with Crippen molar-refractivity contribution in [3.05, 3.63) is 241 Å². The van der Waals surface area contributed by atoms with Gasteiger partial charge >= 0.3 is 0 Å². The minimum absolute atomic E-state index is 0.113. The van der Waals surface area contributed by atoms with Crippen LogP contribution in [0.2, 0.25) is 0 Å². The molecule has 0 aliphatic heterocycles. The summed E-state index contributed by atoms with van der Waals surface area (Å²) in [5.41, 5.74) is 21.1. The van der Waals surface area contributed by atoms with Gasteiger partial charge in [0, 0.05) is 44.3 Å². The number of para-hydroxylation sites is 5. The maximum atomic E-state index is 2.53. The van der Waals surface area contributed by atoms with Gasteiger partial charge in [0.1, 0.15) is 0 Å². The van der Waals surface area contributed by atoms with E-state index in [-0.39, 0.29) is 5.41 Å². The molecule has 1 fully saturated rings. The lowest BCUT2D eigenvalue weighted by Gasteiger charge is -2.31. The lowest BCUT2D eigenvalue weighted by molar-refractivity contribution is 0.445. The van der Waals surface area contributed by atoms with E-state index in [0.717, 1.165) is 22.7 Å². The molecular formula is C67H54N2. The standard InChI is InChI=1S/C67H54N2/c1-67(2)60-34-13-9-27-54(60)55-43-40-48(44-61(55)67)51-26-10-14-35-62(51)68(63-36-15-11-28-56(63)58-32-18-23-47-22-17-30-52(65(47)58)45-20-5-3-6-21-45)50-41-38-46(39-42-50)53-31-19-33-59-57-29-12-16-37-64(57)69(66(53)59)49-24-7-4-8-25-49/h4,7-19,22-45H,3,5-6,20-21H2,1-2H3. The molecule has 10 aromatic carbocycles. The molecule has 0 atom stereocenters. The van der Waals surface area contributed by atoms with E-state index in [9.17, 15) is 0 Å². The van der Waals surface area contributed by atoms with Gasteiger partial charge in [-0.25, -0.2) is 0 Å². The smallest absolute Gasteiger partial charge is 0.0619 e. The molecule has 0 radical (unpaired) electrons. The van der Waals surface area contributed by atoms with Gasteiger partial charge in [-0.1, -0.05) is 209 Å². The zero-order valence-corrected chi connectivity index (χ0v) is 39.4. The minimum atomic E-state index is -0.113. The number of aromatic nitrogens is 1. The Morgan fingerprint density at radius 3 is 1.84 bits per heavy atom. The van der Waals surface area contributed by atoms with Crippen LogP contribution in [-0.2, 0) is 5.41 Å². The average molecular weight is 887 g/mol. The van der Waals surface area contributed by atoms with Crippen molar-refractivity contribution in [3.63, 3.8) is 0 Å². The van der Waals surface area contributed by atoms with E-state index >= 15 is 0 Å². The predicted molar refractivity (Wildman–Crippen MR) is 293 cm³/mol. The normalized spacial score (nSPS) is 14.3. The van der Waals surface area contributed by atoms with Gasteiger partial charge in [0.05, 0.1) is 22.4 Å². The van der Waals surface area contributed by atoms with E-state index in [0.29, 0.717) is 5.92 Å². The summed E-state index contributed by atoms with van der Waals surface area (Å²) in [5.74, 6) is 0.570. The Morgan fingerprint density at radius 2 is 1.03 bits per heavy atom. The first kappa shape index (κ1) is 41.3. The molecule has 2 heteroatoms. The second kappa shape index (κ2) is 16.7. The first-order valence-electron chi connectivity index (χ1n) is 25.0. The molecule has 2 nitrogen and oxygen atoms in total. The Balaban J connectivity index is 1.02. The molecule has 0 unspecified atom stereocenters. The van der Waals surface area contributed by atoms with Crippen molar-refractivity contribution in [1.82, 2.24) is 4.57 Å². The third kappa shape index (κ3) is 6.76. The number of rotatable bonds is 8. The van der Waals surface area contributed by atoms with Gasteiger partial charge in [-0.15, -0.1) is 0 Å². The molecule has 0 spiro atoms. The highest BCUT2D eigenvalue weighted by Crippen LogP contribution is 2.52. The summed E-state index contributed by atoms with van der Waals surface area (Å²) in [7, 11) is 0. The predicted octanol–water partition coefficient (Wildman–Crippen LogP) is 18.8. The van der Waals surface area contributed by atoms with Crippen molar-refractivity contribution in [1.29, 1.82) is 0 Å². The van der Waals surface area contributed by atoms with Gasteiger partial charge in [-0.05, 0) is 123 Å². The van der Waals surface area contributed by atoms with Crippen LogP contribution >= 0.6 is 0 Å². The highest BCUT2D eigenvalue weighted by molar-refractivity contribution is 6.14. The highest BCUT2D eigenvalue weighted by atomic mass is 15.1. The van der Waals surface area contributed by atoms with Crippen molar-refractivity contribution in [2.75, 3.05) is 4.90 Å². The Bertz CT molecular complexity index is 3730. The van der Waals surface area contributed by atoms with Crippen LogP contribution in [0.3, 0.4) is 0 Å². The van der Waals surface area contributed by atoms with Crippen LogP contribution in [0.5, 0.6) is 0 Å². The third-order valence-corrected chi connectivity index (χ3v) is 15.6. The molecule has 0 N–H and O–H groups in total. The summed E-state index contributed by atoms with van der Waals surface area (Å²) in [5, 5.41) is 5.22. The van der Waals surface area contributed by atoms with Gasteiger partial charge in [-0.2, -0.15) is 0 Å². The molecule has 2 aliphatic rings. The third-order valence-electron chi connectivity index (χ3n) is 15.6. The number of nitrogens with zero attached hydrogens (tertiary/aromatic N) is 2. The average Bonchev–Trinajstić information content (AvgIpc) is 3.87. The van der Waals surface area contributed by atoms with Gasteiger partial charge in [0.15, 0.2) is 0 Å². The van der Waals surface area contributed by atoms with E-state index in [2.05, 4.69) is 248 Å². The minimum Gasteiger partial charge on any atom is -0.309 e. The molecule has 1 heterocycles. The lowest BCUT2D eigenvalue weighted by Crippen LogP contribution is -2.15. The van der Waals surface area contributed by atoms with Crippen molar-refractivity contribution in [3.8, 4) is 50.2 Å². The van der Waals surface area contributed by atoms with Crippen molar-refractivity contribution in [2.45, 2.75) is 57.3 Å². The Labute approximate surface area is 405 Å². The van der Waals surface area contributed by atoms with Crippen LogP contribution in [0.1, 0.15) is 68.6 Å². The second-order valence-corrected chi connectivity index (χ2v) is 19.8. The van der Waals surface area contributed by atoms with Crippen molar-refractivity contribution in [2.24, 2.45) is 0 Å². The van der Waals surface area contributed by atoms with Crippen LogP contribution in [0.4, 0.5) is 17.1 Å². The quantitative estimate of drug-likeness (QED) is 0.148. The molecular weight excluding hydrogens is 833 g/mol. The maximum Gasteiger partial charge on any atom is 0.0619 e. The van der Waals surface area contributed by atoms with Gasteiger partial charge in [0.25, 0.3) is 0 Å². The molecule has 11 aromatic rings. The van der Waals surface area contributed by atoms with Crippen LogP contribution in [0, 0.1) is 0 Å². The molecule has 13 rings (SSSR count). The number of anilines is 3. The molecule has 0 bridgehead atoms. The van der Waals surface area contributed by atoms with E-state index in [1.165, 1.54) is 126 Å². The summed E-state index contributed by atoms with van der Waals surface area (Å²) >= 11 is 0. The number of hydrogen-bond acceptors (Lipinski definition) is 1. The summed E-state index contributed by atoms with van der Waals surface area (Å²) in [6.45, 7) is 4.76. The molecule has 2 aliphatic carbocycles. The first-order chi connectivity index (χ1) is 34.0. The first-order valence-corrected chi connectivity index (χ1v) is 25.0. The molecule has 0 amide bonds. The molecule has 0 saturated heterocycles. The second-order valence-electron chi connectivity index (χ2n) is 19.8. The van der Waals surface area contributed by atoms with Crippen LogP contribution < -0.4 is 4.90 Å². The highest BCUT2D eigenvalue weighted by Gasteiger charge is 2.35. The van der Waals surface area contributed by atoms with Crippen LogP contribution in [-0.4, -0.2) is 4.57 Å². The Hall–Kier alpha value is -7.94. The number of hydrogen-bond donors (Lipinski definition) is 0. The summed E-state index contributed by atoms with van der Waals surface area (Å²) in [6.07, 6.45) is 6.45. The fourth-order valence-electron chi connectivity index (χ4n) is 12.3. The van der Waals surface area contributed by atoms with E-state index < -0.39 is 0 Å². The lowest BCUT2D eigenvalue weighted by atomic mass is 9.80. The number of benzene rings is 10. The zero-order chi connectivity index (χ0) is 46.1. The van der Waals surface area contributed by atoms with Crippen LogP contribution in [0.15, 0.2) is 224 Å². The van der Waals surface area contributed by atoms with Crippen molar-refractivity contribution >= 4 is 49.6 Å². The Kier molecular flexibility index (Phi) is 9.98. The monoisotopic (exact) mass is 886 g/mol. The molecule has 1 aromatic heterocycles. The van der Waals surface area contributed by atoms with Gasteiger partial charge in [-0.3, -0.25) is 0 Å². The summed E-state index contributed by atoms with van der Waals surface area (Å²) < 4.78 is 2.44.